The molecule has 3 aromatic carbocycles. The number of nitrogens with zero attached hydrogens (tertiary/aromatic N) is 3. The van der Waals surface area contributed by atoms with Crippen LogP contribution in [0.5, 0.6) is 0 Å². The molecule has 2 heterocycles. The number of nitrogens with one attached hydrogen (secondary N) is 1. The normalized spacial score (nSPS) is 14.0. The minimum Gasteiger partial charge on any atom is -0.378 e. The third-order valence-electron chi connectivity index (χ3n) is 5.85. The number of morpholine rings is 1. The maximum atomic E-state index is 13.4. The molecule has 0 bridgehead atoms. The zero-order chi connectivity index (χ0) is 22.1. The Bertz CT molecular complexity index is 1300. The third-order valence-corrected chi connectivity index (χ3v) is 5.85. The maximum Gasteiger partial charge on any atom is 0.279 e. The lowest BCUT2D eigenvalue weighted by Gasteiger charge is -2.29. The second kappa shape index (κ2) is 8.48. The molecule has 1 fully saturated rings. The van der Waals surface area contributed by atoms with Crippen molar-refractivity contribution in [1.82, 2.24) is 9.78 Å². The molecule has 1 aromatic heterocycles. The lowest BCUT2D eigenvalue weighted by Crippen LogP contribution is -2.36. The first kappa shape index (κ1) is 20.3. The molecule has 0 spiro atoms. The summed E-state index contributed by atoms with van der Waals surface area (Å²) < 4.78 is 6.97. The van der Waals surface area contributed by atoms with Gasteiger partial charge in [-0.05, 0) is 56.3 Å². The zero-order valence-corrected chi connectivity index (χ0v) is 18.3. The Morgan fingerprint density at radius 1 is 0.812 bits per heavy atom. The van der Waals surface area contributed by atoms with Gasteiger partial charge in [0.1, 0.15) is 0 Å². The third kappa shape index (κ3) is 3.97. The summed E-state index contributed by atoms with van der Waals surface area (Å²) in [5.74, 6) is 0.652. The largest absolute Gasteiger partial charge is 0.378 e. The van der Waals surface area contributed by atoms with Gasteiger partial charge in [0.15, 0.2) is 5.82 Å². The summed E-state index contributed by atoms with van der Waals surface area (Å²) in [6.45, 7) is 7.17. The maximum absolute atomic E-state index is 13.4. The molecule has 32 heavy (non-hydrogen) atoms. The van der Waals surface area contributed by atoms with Gasteiger partial charge >= 0.3 is 0 Å². The van der Waals surface area contributed by atoms with Gasteiger partial charge in [-0.2, -0.15) is 4.68 Å². The molecule has 5 rings (SSSR count). The van der Waals surface area contributed by atoms with Gasteiger partial charge in [0.05, 0.1) is 24.3 Å². The Kier molecular flexibility index (Phi) is 5.37. The van der Waals surface area contributed by atoms with Crippen molar-refractivity contribution < 1.29 is 4.74 Å². The van der Waals surface area contributed by atoms with E-state index in [2.05, 4.69) is 35.3 Å². The molecule has 1 aliphatic rings. The van der Waals surface area contributed by atoms with Gasteiger partial charge in [0.2, 0.25) is 0 Å². The van der Waals surface area contributed by atoms with E-state index in [9.17, 15) is 4.79 Å². The second-order valence-electron chi connectivity index (χ2n) is 8.22. The molecule has 6 nitrogen and oxygen atoms in total. The molecular weight excluding hydrogens is 400 g/mol. The molecule has 4 aromatic rings. The van der Waals surface area contributed by atoms with Crippen LogP contribution in [0.1, 0.15) is 11.1 Å². The Morgan fingerprint density at radius 2 is 1.44 bits per heavy atom. The SMILES string of the molecule is Cc1ccc(Nc2nn(-c3ccc(C)cc3)c(=O)c3ccc(N4CCOCC4)cc23)cc1. The highest BCUT2D eigenvalue weighted by Gasteiger charge is 2.16. The summed E-state index contributed by atoms with van der Waals surface area (Å²) in [6, 6.07) is 22.0. The zero-order valence-electron chi connectivity index (χ0n) is 18.3. The van der Waals surface area contributed by atoms with Gasteiger partial charge in [0.25, 0.3) is 5.56 Å². The fourth-order valence-corrected chi connectivity index (χ4v) is 3.97. The molecule has 162 valence electrons. The van der Waals surface area contributed by atoms with Gasteiger partial charge < -0.3 is 15.0 Å². The molecule has 1 N–H and O–H groups in total. The van der Waals surface area contributed by atoms with Crippen LogP contribution in [0.3, 0.4) is 0 Å². The van der Waals surface area contributed by atoms with Crippen molar-refractivity contribution in [3.63, 3.8) is 0 Å². The van der Waals surface area contributed by atoms with Crippen LogP contribution in [0.15, 0.2) is 71.5 Å². The van der Waals surface area contributed by atoms with Crippen molar-refractivity contribution in [3.8, 4) is 5.69 Å². The molecule has 0 saturated carbocycles. The fourth-order valence-electron chi connectivity index (χ4n) is 3.97. The second-order valence-corrected chi connectivity index (χ2v) is 8.22. The number of aryl methyl sites for hydroxylation is 2. The van der Waals surface area contributed by atoms with E-state index in [1.165, 1.54) is 10.2 Å². The Hall–Kier alpha value is -3.64. The van der Waals surface area contributed by atoms with Crippen LogP contribution in [0.25, 0.3) is 16.5 Å². The van der Waals surface area contributed by atoms with Crippen LogP contribution >= 0.6 is 0 Å². The summed E-state index contributed by atoms with van der Waals surface area (Å²) in [6.07, 6.45) is 0. The van der Waals surface area contributed by atoms with E-state index in [1.807, 2.05) is 55.5 Å². The van der Waals surface area contributed by atoms with Crippen LogP contribution < -0.4 is 15.8 Å². The van der Waals surface area contributed by atoms with Crippen molar-refractivity contribution in [3.05, 3.63) is 88.2 Å². The fraction of sp³-hybridized carbons (Fsp3) is 0.231. The van der Waals surface area contributed by atoms with Gasteiger partial charge in [-0.1, -0.05) is 35.4 Å². The number of aromatic nitrogens is 2. The molecular formula is C26H26N4O2. The predicted molar refractivity (Wildman–Crippen MR) is 130 cm³/mol. The van der Waals surface area contributed by atoms with Crippen molar-refractivity contribution >= 4 is 28.0 Å². The quantitative estimate of drug-likeness (QED) is 0.518. The molecule has 1 aliphatic heterocycles. The Morgan fingerprint density at radius 3 is 2.12 bits per heavy atom. The first-order valence-electron chi connectivity index (χ1n) is 10.9. The van der Waals surface area contributed by atoms with Gasteiger partial charge in [-0.25, -0.2) is 0 Å². The number of benzene rings is 3. The van der Waals surface area contributed by atoms with E-state index in [1.54, 1.807) is 0 Å². The minimum atomic E-state index is -0.133. The van der Waals surface area contributed by atoms with Crippen LogP contribution in [-0.2, 0) is 4.74 Å². The molecule has 0 aliphatic carbocycles. The van der Waals surface area contributed by atoms with E-state index in [0.29, 0.717) is 24.4 Å². The molecule has 0 unspecified atom stereocenters. The lowest BCUT2D eigenvalue weighted by atomic mass is 10.1. The molecule has 1 saturated heterocycles. The van der Waals surface area contributed by atoms with E-state index < -0.39 is 0 Å². The number of hydrogen-bond donors (Lipinski definition) is 1. The first-order valence-corrected chi connectivity index (χ1v) is 10.9. The van der Waals surface area contributed by atoms with Crippen molar-refractivity contribution in [1.29, 1.82) is 0 Å². The van der Waals surface area contributed by atoms with E-state index >= 15 is 0 Å². The average Bonchev–Trinajstić information content (AvgIpc) is 2.83. The monoisotopic (exact) mass is 426 g/mol. The van der Waals surface area contributed by atoms with Gasteiger partial charge in [0, 0.05) is 29.9 Å². The van der Waals surface area contributed by atoms with E-state index in [-0.39, 0.29) is 5.56 Å². The summed E-state index contributed by atoms with van der Waals surface area (Å²) in [5.41, 5.74) is 4.93. The smallest absolute Gasteiger partial charge is 0.279 e. The highest BCUT2D eigenvalue weighted by Crippen LogP contribution is 2.28. The summed E-state index contributed by atoms with van der Waals surface area (Å²) in [7, 11) is 0. The average molecular weight is 427 g/mol. The number of fused-ring (bicyclic) bond motifs is 1. The van der Waals surface area contributed by atoms with E-state index in [4.69, 9.17) is 9.84 Å². The number of ether oxygens (including phenoxy) is 1. The molecule has 0 amide bonds. The van der Waals surface area contributed by atoms with Crippen LogP contribution in [0, 0.1) is 13.8 Å². The predicted octanol–water partition coefficient (Wildman–Crippen LogP) is 4.58. The highest BCUT2D eigenvalue weighted by atomic mass is 16.5. The molecule has 0 radical (unpaired) electrons. The Labute approximate surface area is 187 Å². The Balaban J connectivity index is 1.67. The van der Waals surface area contributed by atoms with E-state index in [0.717, 1.165) is 41.1 Å². The lowest BCUT2D eigenvalue weighted by molar-refractivity contribution is 0.122. The number of anilines is 3. The topological polar surface area (TPSA) is 59.4 Å². The highest BCUT2D eigenvalue weighted by molar-refractivity contribution is 5.95. The summed E-state index contributed by atoms with van der Waals surface area (Å²) in [4.78, 5) is 15.7. The van der Waals surface area contributed by atoms with Crippen molar-refractivity contribution in [2.45, 2.75) is 13.8 Å². The minimum absolute atomic E-state index is 0.133. The molecule has 0 atom stereocenters. The summed E-state index contributed by atoms with van der Waals surface area (Å²) in [5, 5.41) is 9.63. The molecule has 6 heteroatoms. The van der Waals surface area contributed by atoms with Crippen LogP contribution in [0.2, 0.25) is 0 Å². The standard InChI is InChI=1S/C26H26N4O2/c1-18-3-7-20(8-4-18)27-25-24-17-22(29-13-15-32-16-14-29)11-12-23(24)26(31)30(28-25)21-9-5-19(2)6-10-21/h3-12,17H,13-16H2,1-2H3,(H,27,28). The number of rotatable bonds is 4. The summed E-state index contributed by atoms with van der Waals surface area (Å²) >= 11 is 0. The van der Waals surface area contributed by atoms with Crippen LogP contribution in [0.4, 0.5) is 17.2 Å². The van der Waals surface area contributed by atoms with Crippen molar-refractivity contribution in [2.75, 3.05) is 36.5 Å². The van der Waals surface area contributed by atoms with Crippen molar-refractivity contribution in [2.24, 2.45) is 0 Å². The van der Waals surface area contributed by atoms with Crippen LogP contribution in [-0.4, -0.2) is 36.1 Å². The first-order chi connectivity index (χ1) is 15.6. The number of hydrogen-bond acceptors (Lipinski definition) is 5. The van der Waals surface area contributed by atoms with Gasteiger partial charge in [-0.3, -0.25) is 4.79 Å². The van der Waals surface area contributed by atoms with Gasteiger partial charge in [-0.15, -0.1) is 5.10 Å².